The molecule has 2 aromatic heterocycles. The quantitative estimate of drug-likeness (QED) is 0.595. The highest BCUT2D eigenvalue weighted by Gasteiger charge is 2.17. The van der Waals surface area contributed by atoms with E-state index in [1.807, 2.05) is 6.07 Å². The molecule has 4 rings (SSSR count). The van der Waals surface area contributed by atoms with Gasteiger partial charge < -0.3 is 5.11 Å². The van der Waals surface area contributed by atoms with E-state index in [1.54, 1.807) is 42.6 Å². The molecule has 0 aliphatic heterocycles. The van der Waals surface area contributed by atoms with E-state index in [0.717, 1.165) is 17.2 Å². The van der Waals surface area contributed by atoms with Crippen LogP contribution in [-0.2, 0) is 0 Å². The highest BCUT2D eigenvalue weighted by molar-refractivity contribution is 5.83. The number of halogens is 2. The van der Waals surface area contributed by atoms with E-state index in [-0.39, 0.29) is 10.9 Å². The summed E-state index contributed by atoms with van der Waals surface area (Å²) in [5.41, 5.74) is 2.56. The minimum absolute atomic E-state index is 0.00307. The highest BCUT2D eigenvalue weighted by atomic mass is 19.1. The van der Waals surface area contributed by atoms with Crippen molar-refractivity contribution in [1.29, 1.82) is 5.26 Å². The number of rotatable bonds is 2. The second-order valence-corrected chi connectivity index (χ2v) is 5.61. The zero-order valence-corrected chi connectivity index (χ0v) is 13.2. The summed E-state index contributed by atoms with van der Waals surface area (Å²) in [5.74, 6) is -3.12. The van der Waals surface area contributed by atoms with E-state index in [9.17, 15) is 13.9 Å². The van der Waals surface area contributed by atoms with Gasteiger partial charge in [0.2, 0.25) is 0 Å². The van der Waals surface area contributed by atoms with E-state index in [2.05, 4.69) is 10.1 Å². The summed E-state index contributed by atoms with van der Waals surface area (Å²) < 4.78 is 29.0. The Bertz CT molecular complexity index is 1160. The topological polar surface area (TPSA) is 74.7 Å². The Kier molecular flexibility index (Phi) is 3.59. The number of nitrogens with zero attached hydrogens (tertiary/aromatic N) is 4. The lowest BCUT2D eigenvalue weighted by Gasteiger charge is -2.07. The molecule has 0 aliphatic rings. The molecular weight excluding hydrogens is 338 g/mol. The summed E-state index contributed by atoms with van der Waals surface area (Å²) in [4.78, 5) is 4.02. The van der Waals surface area contributed by atoms with Gasteiger partial charge in [0.05, 0.1) is 11.9 Å². The first-order valence-electron chi connectivity index (χ1n) is 7.60. The van der Waals surface area contributed by atoms with Crippen molar-refractivity contribution in [2.45, 2.75) is 0 Å². The van der Waals surface area contributed by atoms with Crippen molar-refractivity contribution < 1.29 is 13.9 Å². The van der Waals surface area contributed by atoms with Crippen molar-refractivity contribution in [2.75, 3.05) is 0 Å². The lowest BCUT2D eigenvalue weighted by Crippen LogP contribution is -1.98. The smallest absolute Gasteiger partial charge is 0.194 e. The van der Waals surface area contributed by atoms with Crippen LogP contribution in [0.25, 0.3) is 27.7 Å². The molecule has 0 atom stereocenters. The average molecular weight is 348 g/mol. The highest BCUT2D eigenvalue weighted by Crippen LogP contribution is 2.30. The molecule has 0 radical (unpaired) electrons. The molecule has 0 spiro atoms. The number of hydrogen-bond acceptors (Lipinski definition) is 4. The molecular formula is C19H10F2N4O. The fourth-order valence-electron chi connectivity index (χ4n) is 2.73. The van der Waals surface area contributed by atoms with Crippen LogP contribution < -0.4 is 0 Å². The fraction of sp³-hybridized carbons (Fsp3) is 0. The zero-order valence-electron chi connectivity index (χ0n) is 13.2. The van der Waals surface area contributed by atoms with Crippen molar-refractivity contribution in [3.8, 4) is 28.6 Å². The largest absolute Gasteiger partial charge is 0.503 e. The molecule has 0 fully saturated rings. The third kappa shape index (κ3) is 2.45. The van der Waals surface area contributed by atoms with Crippen molar-refractivity contribution in [3.63, 3.8) is 0 Å². The van der Waals surface area contributed by atoms with Crippen LogP contribution in [0.1, 0.15) is 5.69 Å². The molecule has 1 N–H and O–H groups in total. The Morgan fingerprint density at radius 3 is 2.38 bits per heavy atom. The number of aromatic hydroxyl groups is 1. The Labute approximate surface area is 146 Å². The molecule has 4 aromatic rings. The summed E-state index contributed by atoms with van der Waals surface area (Å²) in [7, 11) is 0. The van der Waals surface area contributed by atoms with Crippen LogP contribution in [-0.4, -0.2) is 19.9 Å². The van der Waals surface area contributed by atoms with Gasteiger partial charge in [0, 0.05) is 17.1 Å². The third-order valence-electron chi connectivity index (χ3n) is 4.05. The van der Waals surface area contributed by atoms with Crippen molar-refractivity contribution in [3.05, 3.63) is 72.2 Å². The molecule has 0 saturated heterocycles. The fourth-order valence-corrected chi connectivity index (χ4v) is 2.73. The summed E-state index contributed by atoms with van der Waals surface area (Å²) in [6.45, 7) is 0. The molecule has 5 nitrogen and oxygen atoms in total. The number of phenols is 1. The monoisotopic (exact) mass is 348 g/mol. The lowest BCUT2D eigenvalue weighted by molar-refractivity contribution is 0.399. The Hall–Kier alpha value is -3.79. The van der Waals surface area contributed by atoms with Crippen LogP contribution in [0, 0.1) is 23.0 Å². The molecule has 0 amide bonds. The SMILES string of the molecule is N#Cc1ccc(-c2ccc(-n3ncc4cc(F)c(O)c(F)c43)cc2)cn1. The Morgan fingerprint density at radius 2 is 1.73 bits per heavy atom. The normalized spacial score (nSPS) is 10.8. The standard InChI is InChI=1S/C19H10F2N4O/c20-16-7-13-10-24-25(18(13)17(21)19(16)26)15-5-2-11(3-6-15)12-1-4-14(8-22)23-9-12/h1-7,9-10,26H. The first kappa shape index (κ1) is 15.7. The molecule has 0 saturated carbocycles. The van der Waals surface area contributed by atoms with Crippen molar-refractivity contribution >= 4 is 10.9 Å². The van der Waals surface area contributed by atoms with Gasteiger partial charge in [-0.25, -0.2) is 18.4 Å². The molecule has 0 unspecified atom stereocenters. The van der Waals surface area contributed by atoms with Gasteiger partial charge in [-0.1, -0.05) is 12.1 Å². The van der Waals surface area contributed by atoms with E-state index < -0.39 is 17.4 Å². The van der Waals surface area contributed by atoms with Crippen LogP contribution in [0.4, 0.5) is 8.78 Å². The van der Waals surface area contributed by atoms with E-state index in [0.29, 0.717) is 11.4 Å². The van der Waals surface area contributed by atoms with Gasteiger partial charge in [-0.15, -0.1) is 0 Å². The van der Waals surface area contributed by atoms with Gasteiger partial charge >= 0.3 is 0 Å². The third-order valence-corrected chi connectivity index (χ3v) is 4.05. The lowest BCUT2D eigenvalue weighted by atomic mass is 10.1. The van der Waals surface area contributed by atoms with Crippen LogP contribution in [0.3, 0.4) is 0 Å². The summed E-state index contributed by atoms with van der Waals surface area (Å²) in [6.07, 6.45) is 2.93. The predicted molar refractivity (Wildman–Crippen MR) is 90.6 cm³/mol. The van der Waals surface area contributed by atoms with E-state index in [1.165, 1.54) is 10.9 Å². The molecule has 126 valence electrons. The number of pyridine rings is 1. The Morgan fingerprint density at radius 1 is 1.00 bits per heavy atom. The number of phenolic OH excluding ortho intramolecular Hbond substituents is 1. The second kappa shape index (κ2) is 5.93. The first-order valence-corrected chi connectivity index (χ1v) is 7.60. The van der Waals surface area contributed by atoms with Gasteiger partial charge in [0.25, 0.3) is 0 Å². The van der Waals surface area contributed by atoms with Gasteiger partial charge in [0.1, 0.15) is 17.3 Å². The summed E-state index contributed by atoms with van der Waals surface area (Å²) in [6, 6.07) is 13.4. The molecule has 2 heterocycles. The first-order chi connectivity index (χ1) is 12.6. The van der Waals surface area contributed by atoms with Gasteiger partial charge in [0.15, 0.2) is 17.4 Å². The van der Waals surface area contributed by atoms with E-state index in [4.69, 9.17) is 5.26 Å². The molecule has 7 heteroatoms. The van der Waals surface area contributed by atoms with Gasteiger partial charge in [-0.2, -0.15) is 10.4 Å². The van der Waals surface area contributed by atoms with Crippen LogP contribution in [0.15, 0.2) is 54.9 Å². The maximum atomic E-state index is 14.3. The Balaban J connectivity index is 1.77. The van der Waals surface area contributed by atoms with Gasteiger partial charge in [-0.05, 0) is 35.9 Å². The summed E-state index contributed by atoms with van der Waals surface area (Å²) in [5, 5.41) is 22.6. The minimum Gasteiger partial charge on any atom is -0.503 e. The number of nitriles is 1. The molecule has 26 heavy (non-hydrogen) atoms. The maximum Gasteiger partial charge on any atom is 0.194 e. The predicted octanol–water partition coefficient (Wildman–Crippen LogP) is 3.94. The van der Waals surface area contributed by atoms with Crippen LogP contribution in [0.5, 0.6) is 5.75 Å². The average Bonchev–Trinajstić information content (AvgIpc) is 3.10. The number of fused-ring (bicyclic) bond motifs is 1. The number of hydrogen-bond donors (Lipinski definition) is 1. The van der Waals surface area contributed by atoms with Crippen LogP contribution in [0.2, 0.25) is 0 Å². The molecule has 0 aliphatic carbocycles. The molecule has 0 bridgehead atoms. The second-order valence-electron chi connectivity index (χ2n) is 5.61. The molecule has 2 aromatic carbocycles. The van der Waals surface area contributed by atoms with Crippen LogP contribution >= 0.6 is 0 Å². The zero-order chi connectivity index (χ0) is 18.3. The van der Waals surface area contributed by atoms with Crippen molar-refractivity contribution in [1.82, 2.24) is 14.8 Å². The van der Waals surface area contributed by atoms with Crippen molar-refractivity contribution in [2.24, 2.45) is 0 Å². The summed E-state index contributed by atoms with van der Waals surface area (Å²) >= 11 is 0. The number of benzene rings is 2. The van der Waals surface area contributed by atoms with Gasteiger partial charge in [-0.3, -0.25) is 0 Å². The minimum atomic E-state index is -1.06. The number of aromatic nitrogens is 3. The maximum absolute atomic E-state index is 14.3. The van der Waals surface area contributed by atoms with E-state index >= 15 is 0 Å².